The van der Waals surface area contributed by atoms with Gasteiger partial charge in [0, 0.05) is 18.0 Å². The molecule has 0 radical (unpaired) electrons. The number of rotatable bonds is 6. The van der Waals surface area contributed by atoms with E-state index in [1.165, 1.54) is 70.0 Å². The zero-order valence-electron chi connectivity index (χ0n) is 13.8. The van der Waals surface area contributed by atoms with Crippen molar-refractivity contribution in [3.05, 3.63) is 29.8 Å². The Hall–Kier alpha value is -0.730. The molecule has 3 rings (SSSR count). The first-order chi connectivity index (χ1) is 10.2. The number of phenolic OH excluding ortho intramolecular Hbond substituents is 1. The van der Waals surface area contributed by atoms with E-state index >= 15 is 0 Å². The molecule has 0 amide bonds. The molecular weight excluding hydrogens is 294 g/mol. The molecule has 2 atom stereocenters. The summed E-state index contributed by atoms with van der Waals surface area (Å²) in [5.74, 6) is 0.422. The second-order valence-electron chi connectivity index (χ2n) is 7.11. The summed E-state index contributed by atoms with van der Waals surface area (Å²) in [6.07, 6.45) is 10.7. The molecule has 2 bridgehead atoms. The van der Waals surface area contributed by atoms with Crippen molar-refractivity contribution >= 4 is 12.4 Å². The highest BCUT2D eigenvalue weighted by atomic mass is 35.5. The van der Waals surface area contributed by atoms with Crippen LogP contribution in [0.25, 0.3) is 0 Å². The molecule has 2 fully saturated rings. The van der Waals surface area contributed by atoms with Crippen LogP contribution in [0.15, 0.2) is 24.3 Å². The topological polar surface area (TPSA) is 23.5 Å². The summed E-state index contributed by atoms with van der Waals surface area (Å²) >= 11 is 0. The average molecular weight is 324 g/mol. The zero-order chi connectivity index (χ0) is 14.7. The van der Waals surface area contributed by atoms with E-state index in [0.717, 1.165) is 6.04 Å². The number of hydrogen-bond donors (Lipinski definition) is 1. The van der Waals surface area contributed by atoms with Gasteiger partial charge in [0.05, 0.1) is 0 Å². The van der Waals surface area contributed by atoms with Gasteiger partial charge in [-0.1, -0.05) is 44.7 Å². The van der Waals surface area contributed by atoms with Gasteiger partial charge in [-0.2, -0.15) is 0 Å². The molecule has 1 aromatic carbocycles. The SMILES string of the molecule is CCCCCCN1CC2(c3cccc(O)c3)CCCC1C2.Cl. The van der Waals surface area contributed by atoms with Crippen molar-refractivity contribution in [3.8, 4) is 5.75 Å². The van der Waals surface area contributed by atoms with Crippen LogP contribution < -0.4 is 0 Å². The predicted octanol–water partition coefficient (Wildman–Crippen LogP) is 4.89. The average Bonchev–Trinajstić information content (AvgIpc) is 2.75. The molecule has 0 spiro atoms. The third-order valence-corrected chi connectivity index (χ3v) is 5.60. The summed E-state index contributed by atoms with van der Waals surface area (Å²) in [6.45, 7) is 4.75. The molecule has 3 heteroatoms. The Balaban J connectivity index is 0.00000176. The van der Waals surface area contributed by atoms with Gasteiger partial charge in [-0.15, -0.1) is 12.4 Å². The normalized spacial score (nSPS) is 27.6. The van der Waals surface area contributed by atoms with E-state index in [4.69, 9.17) is 0 Å². The highest BCUT2D eigenvalue weighted by Gasteiger charge is 2.47. The summed E-state index contributed by atoms with van der Waals surface area (Å²) in [6, 6.07) is 8.80. The van der Waals surface area contributed by atoms with Crippen LogP contribution in [-0.2, 0) is 5.41 Å². The minimum Gasteiger partial charge on any atom is -0.508 e. The smallest absolute Gasteiger partial charge is 0.115 e. The molecule has 2 aliphatic rings. The lowest BCUT2D eigenvalue weighted by atomic mass is 9.71. The van der Waals surface area contributed by atoms with Crippen LogP contribution >= 0.6 is 12.4 Å². The van der Waals surface area contributed by atoms with E-state index < -0.39 is 0 Å². The molecule has 1 heterocycles. The number of phenols is 1. The third kappa shape index (κ3) is 3.60. The number of fused-ring (bicyclic) bond motifs is 2. The molecule has 1 aliphatic carbocycles. The first-order valence-corrected chi connectivity index (χ1v) is 8.77. The van der Waals surface area contributed by atoms with Crippen molar-refractivity contribution < 1.29 is 5.11 Å². The first-order valence-electron chi connectivity index (χ1n) is 8.77. The van der Waals surface area contributed by atoms with E-state index in [0.29, 0.717) is 11.2 Å². The number of halogens is 1. The Morgan fingerprint density at radius 2 is 2.14 bits per heavy atom. The lowest BCUT2D eigenvalue weighted by molar-refractivity contribution is 0.239. The molecule has 1 aliphatic heterocycles. The Morgan fingerprint density at radius 1 is 1.27 bits per heavy atom. The van der Waals surface area contributed by atoms with Gasteiger partial charge in [-0.05, 0) is 49.9 Å². The number of likely N-dealkylation sites (tertiary alicyclic amines) is 1. The molecule has 1 N–H and O–H groups in total. The van der Waals surface area contributed by atoms with Crippen molar-refractivity contribution in [3.63, 3.8) is 0 Å². The van der Waals surface area contributed by atoms with E-state index in [-0.39, 0.29) is 12.4 Å². The largest absolute Gasteiger partial charge is 0.508 e. The van der Waals surface area contributed by atoms with Crippen molar-refractivity contribution in [2.75, 3.05) is 13.1 Å². The monoisotopic (exact) mass is 323 g/mol. The number of aromatic hydroxyl groups is 1. The third-order valence-electron chi connectivity index (χ3n) is 5.60. The van der Waals surface area contributed by atoms with E-state index in [9.17, 15) is 5.11 Å². The van der Waals surface area contributed by atoms with Crippen molar-refractivity contribution in [1.29, 1.82) is 0 Å². The zero-order valence-corrected chi connectivity index (χ0v) is 14.6. The van der Waals surface area contributed by atoms with Crippen LogP contribution in [0, 0.1) is 0 Å². The molecule has 1 saturated carbocycles. The summed E-state index contributed by atoms with van der Waals surface area (Å²) in [5, 5.41) is 9.82. The lowest BCUT2D eigenvalue weighted by Crippen LogP contribution is -2.31. The van der Waals surface area contributed by atoms with Gasteiger partial charge in [0.1, 0.15) is 5.75 Å². The fourth-order valence-electron chi connectivity index (χ4n) is 4.50. The van der Waals surface area contributed by atoms with Crippen molar-refractivity contribution in [1.82, 2.24) is 4.90 Å². The molecule has 2 nitrogen and oxygen atoms in total. The van der Waals surface area contributed by atoms with Gasteiger partial charge in [-0.3, -0.25) is 4.90 Å². The minimum atomic E-state index is 0. The van der Waals surface area contributed by atoms with Crippen molar-refractivity contribution in [2.45, 2.75) is 69.7 Å². The summed E-state index contributed by atoms with van der Waals surface area (Å²) in [5.41, 5.74) is 1.68. The van der Waals surface area contributed by atoms with Gasteiger partial charge in [-0.25, -0.2) is 0 Å². The fourth-order valence-corrected chi connectivity index (χ4v) is 4.50. The molecule has 22 heavy (non-hydrogen) atoms. The first kappa shape index (κ1) is 17.6. The van der Waals surface area contributed by atoms with Crippen molar-refractivity contribution in [2.24, 2.45) is 0 Å². The van der Waals surface area contributed by atoms with Crippen LogP contribution in [0.5, 0.6) is 5.75 Å². The summed E-state index contributed by atoms with van der Waals surface area (Å²) in [7, 11) is 0. The predicted molar refractivity (Wildman–Crippen MR) is 95.0 cm³/mol. The van der Waals surface area contributed by atoms with Gasteiger partial charge < -0.3 is 5.11 Å². The highest BCUT2D eigenvalue weighted by molar-refractivity contribution is 5.85. The standard InChI is InChI=1S/C19H29NO.ClH/c1-2-3-4-5-12-20-15-19(11-7-9-17(20)14-19)16-8-6-10-18(21)13-16;/h6,8,10,13,17,21H,2-5,7,9,11-12,14-15H2,1H3;1H. The second-order valence-corrected chi connectivity index (χ2v) is 7.11. The molecule has 1 aromatic rings. The summed E-state index contributed by atoms with van der Waals surface area (Å²) in [4.78, 5) is 2.74. The van der Waals surface area contributed by atoms with Crippen LogP contribution in [0.3, 0.4) is 0 Å². The van der Waals surface area contributed by atoms with Crippen LogP contribution in [0.1, 0.15) is 63.9 Å². The number of hydrogen-bond acceptors (Lipinski definition) is 2. The molecule has 2 unspecified atom stereocenters. The highest BCUT2D eigenvalue weighted by Crippen LogP contribution is 2.47. The van der Waals surface area contributed by atoms with Crippen LogP contribution in [-0.4, -0.2) is 29.1 Å². The fraction of sp³-hybridized carbons (Fsp3) is 0.684. The number of unbranched alkanes of at least 4 members (excludes halogenated alkanes) is 3. The van der Waals surface area contributed by atoms with Crippen LogP contribution in [0.4, 0.5) is 0 Å². The van der Waals surface area contributed by atoms with Crippen LogP contribution in [0.2, 0.25) is 0 Å². The maximum atomic E-state index is 9.82. The van der Waals surface area contributed by atoms with E-state index in [1.807, 2.05) is 12.1 Å². The molecule has 124 valence electrons. The molecule has 1 saturated heterocycles. The maximum Gasteiger partial charge on any atom is 0.115 e. The van der Waals surface area contributed by atoms with E-state index in [1.54, 1.807) is 6.07 Å². The summed E-state index contributed by atoms with van der Waals surface area (Å²) < 4.78 is 0. The number of nitrogens with zero attached hydrogens (tertiary/aromatic N) is 1. The molecular formula is C19H30ClNO. The Bertz CT molecular complexity index is 478. The Kier molecular flexibility index (Phi) is 6.17. The molecule has 0 aromatic heterocycles. The van der Waals surface area contributed by atoms with Gasteiger partial charge in [0.2, 0.25) is 0 Å². The Morgan fingerprint density at radius 3 is 2.91 bits per heavy atom. The minimum absolute atomic E-state index is 0. The van der Waals surface area contributed by atoms with Gasteiger partial charge in [0.15, 0.2) is 0 Å². The Labute approximate surface area is 141 Å². The van der Waals surface area contributed by atoms with E-state index in [2.05, 4.69) is 17.9 Å². The second kappa shape index (κ2) is 7.70. The number of benzene rings is 1. The quantitative estimate of drug-likeness (QED) is 0.753. The lowest BCUT2D eigenvalue weighted by Gasteiger charge is -2.32. The maximum absolute atomic E-state index is 9.82. The van der Waals surface area contributed by atoms with Gasteiger partial charge in [0.25, 0.3) is 0 Å². The van der Waals surface area contributed by atoms with Gasteiger partial charge >= 0.3 is 0 Å².